The highest BCUT2D eigenvalue weighted by molar-refractivity contribution is 6.05. The Labute approximate surface area is 93.9 Å². The topological polar surface area (TPSA) is 24.9 Å². The lowest BCUT2D eigenvalue weighted by Gasteiger charge is -2.05. The summed E-state index contributed by atoms with van der Waals surface area (Å²) < 4.78 is 0. The molecule has 0 aliphatic heterocycles. The molecule has 0 aliphatic carbocycles. The molecule has 0 aliphatic rings. The lowest BCUT2D eigenvalue weighted by molar-refractivity contribution is 1.43. The van der Waals surface area contributed by atoms with Crippen LogP contribution < -0.4 is 5.32 Å². The van der Waals surface area contributed by atoms with Crippen LogP contribution in [0.15, 0.2) is 48.7 Å². The maximum Gasteiger partial charge on any atom is 0.0729 e. The predicted molar refractivity (Wildman–Crippen MR) is 68.8 cm³/mol. The van der Waals surface area contributed by atoms with Gasteiger partial charge in [-0.3, -0.25) is 4.98 Å². The third kappa shape index (κ3) is 1.31. The summed E-state index contributed by atoms with van der Waals surface area (Å²) >= 11 is 0. The minimum Gasteiger partial charge on any atom is -0.388 e. The fraction of sp³-hybridized carbons (Fsp3) is 0.0714. The molecule has 2 aromatic carbocycles. The van der Waals surface area contributed by atoms with Crippen molar-refractivity contribution in [2.75, 3.05) is 12.4 Å². The lowest BCUT2D eigenvalue weighted by Crippen LogP contribution is -1.88. The van der Waals surface area contributed by atoms with Gasteiger partial charge < -0.3 is 5.32 Å². The van der Waals surface area contributed by atoms with E-state index in [9.17, 15) is 0 Å². The van der Waals surface area contributed by atoms with Crippen LogP contribution >= 0.6 is 0 Å². The van der Waals surface area contributed by atoms with Crippen molar-refractivity contribution in [3.05, 3.63) is 48.7 Å². The summed E-state index contributed by atoms with van der Waals surface area (Å²) in [7, 11) is 1.92. The fourth-order valence-electron chi connectivity index (χ4n) is 2.02. The van der Waals surface area contributed by atoms with Gasteiger partial charge in [-0.2, -0.15) is 0 Å². The molecule has 0 bridgehead atoms. The van der Waals surface area contributed by atoms with E-state index < -0.39 is 0 Å². The number of pyridine rings is 1. The summed E-state index contributed by atoms with van der Waals surface area (Å²) in [6.45, 7) is 0. The van der Waals surface area contributed by atoms with Crippen LogP contribution in [0.5, 0.6) is 0 Å². The van der Waals surface area contributed by atoms with E-state index in [4.69, 9.17) is 0 Å². The molecule has 2 nitrogen and oxygen atoms in total. The number of rotatable bonds is 1. The molecule has 3 aromatic rings. The average molecular weight is 208 g/mol. The summed E-state index contributed by atoms with van der Waals surface area (Å²) in [6.07, 6.45) is 1.93. The van der Waals surface area contributed by atoms with Gasteiger partial charge in [-0.1, -0.05) is 30.3 Å². The van der Waals surface area contributed by atoms with Gasteiger partial charge in [-0.15, -0.1) is 0 Å². The maximum absolute atomic E-state index is 4.48. The van der Waals surface area contributed by atoms with Gasteiger partial charge in [0.05, 0.1) is 5.52 Å². The van der Waals surface area contributed by atoms with Crippen LogP contribution in [0.3, 0.4) is 0 Å². The van der Waals surface area contributed by atoms with E-state index >= 15 is 0 Å². The minimum absolute atomic E-state index is 1.03. The average Bonchev–Trinajstić information content (AvgIpc) is 2.38. The molecule has 0 amide bonds. The maximum atomic E-state index is 4.48. The van der Waals surface area contributed by atoms with Crippen molar-refractivity contribution in [1.82, 2.24) is 4.98 Å². The SMILES string of the molecule is CNc1ccc2c(c1)ncc1ccccc12. The van der Waals surface area contributed by atoms with Crippen molar-refractivity contribution < 1.29 is 0 Å². The fourth-order valence-corrected chi connectivity index (χ4v) is 2.02. The van der Waals surface area contributed by atoms with Crippen LogP contribution in [-0.2, 0) is 0 Å². The summed E-state index contributed by atoms with van der Waals surface area (Å²) in [5, 5.41) is 6.78. The molecule has 1 heterocycles. The number of nitrogens with one attached hydrogen (secondary N) is 1. The van der Waals surface area contributed by atoms with Crippen molar-refractivity contribution in [2.24, 2.45) is 0 Å². The highest BCUT2D eigenvalue weighted by atomic mass is 14.8. The minimum atomic E-state index is 1.03. The third-order valence-electron chi connectivity index (χ3n) is 2.88. The molecule has 16 heavy (non-hydrogen) atoms. The Morgan fingerprint density at radius 1 is 1.00 bits per heavy atom. The summed E-state index contributed by atoms with van der Waals surface area (Å²) in [6, 6.07) is 14.6. The number of nitrogens with zero attached hydrogens (tertiary/aromatic N) is 1. The Morgan fingerprint density at radius 3 is 2.75 bits per heavy atom. The molecule has 0 unspecified atom stereocenters. The number of fused-ring (bicyclic) bond motifs is 3. The molecule has 0 spiro atoms. The molecule has 78 valence electrons. The van der Waals surface area contributed by atoms with Crippen LogP contribution in [-0.4, -0.2) is 12.0 Å². The molecular formula is C14H12N2. The molecule has 0 saturated carbocycles. The number of anilines is 1. The molecule has 0 saturated heterocycles. The Hall–Kier alpha value is -2.09. The first-order valence-electron chi connectivity index (χ1n) is 5.34. The standard InChI is InChI=1S/C14H12N2/c1-15-11-6-7-13-12-5-3-2-4-10(12)9-16-14(13)8-11/h2-9,15H,1H3. The van der Waals surface area contributed by atoms with Crippen LogP contribution in [0, 0.1) is 0 Å². The Bertz CT molecular complexity index is 659. The Balaban J connectivity index is 2.43. The molecule has 3 rings (SSSR count). The monoisotopic (exact) mass is 208 g/mol. The van der Waals surface area contributed by atoms with E-state index in [-0.39, 0.29) is 0 Å². The van der Waals surface area contributed by atoms with Gasteiger partial charge in [-0.25, -0.2) is 0 Å². The summed E-state index contributed by atoms with van der Waals surface area (Å²) in [5.74, 6) is 0. The van der Waals surface area contributed by atoms with Gasteiger partial charge in [0.1, 0.15) is 0 Å². The van der Waals surface area contributed by atoms with Gasteiger partial charge in [0.15, 0.2) is 0 Å². The van der Waals surface area contributed by atoms with E-state index in [0.717, 1.165) is 11.2 Å². The molecule has 1 aromatic heterocycles. The van der Waals surface area contributed by atoms with Crippen LogP contribution in [0.25, 0.3) is 21.7 Å². The van der Waals surface area contributed by atoms with Gasteiger partial charge in [0.2, 0.25) is 0 Å². The zero-order chi connectivity index (χ0) is 11.0. The molecular weight excluding hydrogens is 196 g/mol. The first kappa shape index (κ1) is 9.16. The zero-order valence-corrected chi connectivity index (χ0v) is 9.07. The highest BCUT2D eigenvalue weighted by Gasteiger charge is 2.01. The van der Waals surface area contributed by atoms with E-state index in [1.54, 1.807) is 0 Å². The largest absolute Gasteiger partial charge is 0.388 e. The second-order valence-corrected chi connectivity index (χ2v) is 3.83. The van der Waals surface area contributed by atoms with Gasteiger partial charge in [0, 0.05) is 29.7 Å². The first-order valence-corrected chi connectivity index (χ1v) is 5.34. The van der Waals surface area contributed by atoms with Crippen molar-refractivity contribution in [3.63, 3.8) is 0 Å². The molecule has 0 fully saturated rings. The van der Waals surface area contributed by atoms with E-state index in [2.05, 4.69) is 46.7 Å². The van der Waals surface area contributed by atoms with E-state index in [1.807, 2.05) is 19.3 Å². The van der Waals surface area contributed by atoms with Crippen molar-refractivity contribution in [3.8, 4) is 0 Å². The second kappa shape index (κ2) is 3.49. The number of aromatic nitrogens is 1. The smallest absolute Gasteiger partial charge is 0.0729 e. The van der Waals surface area contributed by atoms with Crippen LogP contribution in [0.2, 0.25) is 0 Å². The zero-order valence-electron chi connectivity index (χ0n) is 9.07. The lowest BCUT2D eigenvalue weighted by atomic mass is 10.1. The van der Waals surface area contributed by atoms with Crippen molar-refractivity contribution in [2.45, 2.75) is 0 Å². The summed E-state index contributed by atoms with van der Waals surface area (Å²) in [4.78, 5) is 4.48. The quantitative estimate of drug-likeness (QED) is 0.620. The predicted octanol–water partition coefficient (Wildman–Crippen LogP) is 3.43. The molecule has 0 radical (unpaired) electrons. The number of benzene rings is 2. The van der Waals surface area contributed by atoms with Gasteiger partial charge in [0.25, 0.3) is 0 Å². The van der Waals surface area contributed by atoms with Crippen molar-refractivity contribution in [1.29, 1.82) is 0 Å². The van der Waals surface area contributed by atoms with Gasteiger partial charge in [-0.05, 0) is 17.5 Å². The van der Waals surface area contributed by atoms with Crippen LogP contribution in [0.4, 0.5) is 5.69 Å². The molecule has 1 N–H and O–H groups in total. The Morgan fingerprint density at radius 2 is 1.88 bits per heavy atom. The number of hydrogen-bond acceptors (Lipinski definition) is 2. The van der Waals surface area contributed by atoms with Crippen molar-refractivity contribution >= 4 is 27.4 Å². The Kier molecular flexibility index (Phi) is 2.00. The molecule has 0 atom stereocenters. The highest BCUT2D eigenvalue weighted by Crippen LogP contribution is 2.25. The number of hydrogen-bond donors (Lipinski definition) is 1. The summed E-state index contributed by atoms with van der Waals surface area (Å²) in [5.41, 5.74) is 2.13. The van der Waals surface area contributed by atoms with Gasteiger partial charge >= 0.3 is 0 Å². The second-order valence-electron chi connectivity index (χ2n) is 3.83. The normalized spacial score (nSPS) is 10.8. The van der Waals surface area contributed by atoms with E-state index in [0.29, 0.717) is 0 Å². The third-order valence-corrected chi connectivity index (χ3v) is 2.88. The molecule has 2 heteroatoms. The van der Waals surface area contributed by atoms with Crippen LogP contribution in [0.1, 0.15) is 0 Å². The van der Waals surface area contributed by atoms with E-state index in [1.165, 1.54) is 16.2 Å². The first-order chi connectivity index (χ1) is 7.88.